The smallest absolute Gasteiger partial charge is 0.0962 e. The fourth-order valence-corrected chi connectivity index (χ4v) is 0. The minimum absolute atomic E-state index is 0.549. The molecule has 34 valence electrons. The number of nitriles is 1. The van der Waals surface area contributed by atoms with E-state index >= 15 is 0 Å². The molecule has 0 radical (unpaired) electrons. The third kappa shape index (κ3) is 3.64. The first-order valence-corrected chi connectivity index (χ1v) is 2.54. The first-order valence-electron chi connectivity index (χ1n) is 0.995. The van der Waals surface area contributed by atoms with Crippen molar-refractivity contribution in [2.75, 3.05) is 0 Å². The van der Waals surface area contributed by atoms with Crippen molar-refractivity contribution in [1.29, 1.82) is 5.26 Å². The summed E-state index contributed by atoms with van der Waals surface area (Å²) in [5.74, 6) is 0.549. The van der Waals surface area contributed by atoms with Gasteiger partial charge in [-0.3, -0.25) is 0 Å². The minimum atomic E-state index is -4.84. The highest BCUT2D eigenvalue weighted by Gasteiger charge is 1.74. The molecule has 0 saturated carbocycles. The van der Waals surface area contributed by atoms with E-state index < -0.39 is 7.60 Å². The van der Waals surface area contributed by atoms with Gasteiger partial charge in [0.25, 0.3) is 0 Å². The van der Waals surface area contributed by atoms with Gasteiger partial charge in [-0.2, -0.15) is 5.26 Å². The lowest BCUT2D eigenvalue weighted by Gasteiger charge is -2.17. The van der Waals surface area contributed by atoms with Gasteiger partial charge in [-0.15, -0.1) is 0 Å². The van der Waals surface area contributed by atoms with Gasteiger partial charge in [0, 0.05) is 7.60 Å². The summed E-state index contributed by atoms with van der Waals surface area (Å²) >= 11 is 0. The largest absolute Gasteiger partial charge is 0.800 e. The number of hydrogen-bond donors (Lipinski definition) is 0. The van der Waals surface area contributed by atoms with Gasteiger partial charge in [0.15, 0.2) is 0 Å². The quantitative estimate of drug-likeness (QED) is 0.346. The summed E-state index contributed by atoms with van der Waals surface area (Å²) in [6, 6.07) is 0. The van der Waals surface area contributed by atoms with Crippen molar-refractivity contribution < 1.29 is 14.4 Å². The van der Waals surface area contributed by atoms with Crippen molar-refractivity contribution in [2.24, 2.45) is 0 Å². The maximum Gasteiger partial charge on any atom is 0.0962 e. The maximum atomic E-state index is 9.11. The average molecular weight is 105 g/mol. The van der Waals surface area contributed by atoms with Crippen LogP contribution in [0.4, 0.5) is 0 Å². The first kappa shape index (κ1) is 5.64. The van der Waals surface area contributed by atoms with Gasteiger partial charge in [-0.25, -0.2) is 0 Å². The topological polar surface area (TPSA) is 87.0 Å². The number of nitrogens with zero attached hydrogens (tertiary/aromatic N) is 1. The van der Waals surface area contributed by atoms with Crippen LogP contribution in [0.2, 0.25) is 0 Å². The molecule has 0 aromatic carbocycles. The Kier molecular flexibility index (Phi) is 1.31. The van der Waals surface area contributed by atoms with Crippen molar-refractivity contribution in [3.8, 4) is 5.81 Å². The summed E-state index contributed by atoms with van der Waals surface area (Å²) < 4.78 is 9.11. The predicted molar refractivity (Wildman–Crippen MR) is 13.2 cm³/mol. The Morgan fingerprint density at radius 1 is 1.67 bits per heavy atom. The SMILES string of the molecule is N#CP(=O)([O-])[O-]. The minimum Gasteiger partial charge on any atom is -0.800 e. The Balaban J connectivity index is 3.94. The van der Waals surface area contributed by atoms with Crippen molar-refractivity contribution in [3.63, 3.8) is 0 Å². The second-order valence-corrected chi connectivity index (χ2v) is 1.79. The fraction of sp³-hybridized carbons (Fsp3) is 0. The second kappa shape index (κ2) is 1.39. The Morgan fingerprint density at radius 3 is 1.83 bits per heavy atom. The fourth-order valence-electron chi connectivity index (χ4n) is 0. The molecule has 0 unspecified atom stereocenters. The molecule has 0 saturated heterocycles. The summed E-state index contributed by atoms with van der Waals surface area (Å²) in [6.07, 6.45) is 0. The summed E-state index contributed by atoms with van der Waals surface area (Å²) in [5.41, 5.74) is 0. The molecule has 4 nitrogen and oxygen atoms in total. The van der Waals surface area contributed by atoms with Gasteiger partial charge in [0.1, 0.15) is 0 Å². The number of hydrogen-bond acceptors (Lipinski definition) is 4. The molecule has 6 heavy (non-hydrogen) atoms. The van der Waals surface area contributed by atoms with E-state index in [2.05, 4.69) is 0 Å². The van der Waals surface area contributed by atoms with Crippen LogP contribution in [-0.2, 0) is 4.57 Å². The highest BCUT2D eigenvalue weighted by molar-refractivity contribution is 7.54. The van der Waals surface area contributed by atoms with Crippen molar-refractivity contribution in [2.45, 2.75) is 0 Å². The van der Waals surface area contributed by atoms with Gasteiger partial charge in [0.2, 0.25) is 0 Å². The summed E-state index contributed by atoms with van der Waals surface area (Å²) in [4.78, 5) is 18.2. The summed E-state index contributed by atoms with van der Waals surface area (Å²) in [5, 5.41) is 7.26. The lowest BCUT2D eigenvalue weighted by Crippen LogP contribution is -2.10. The van der Waals surface area contributed by atoms with Gasteiger partial charge in [-0.1, -0.05) is 0 Å². The van der Waals surface area contributed by atoms with Gasteiger partial charge >= 0.3 is 0 Å². The molecule has 5 heteroatoms. The normalized spacial score (nSPS) is 10.2. The van der Waals surface area contributed by atoms with E-state index in [0.717, 1.165) is 0 Å². The lowest BCUT2D eigenvalue weighted by atomic mass is 11.8. The van der Waals surface area contributed by atoms with Crippen LogP contribution in [0.5, 0.6) is 0 Å². The Morgan fingerprint density at radius 2 is 1.83 bits per heavy atom. The highest BCUT2D eigenvalue weighted by Crippen LogP contribution is 2.17. The molecule has 0 aromatic heterocycles. The molecule has 0 atom stereocenters. The molecular formula is CNO3P-2. The molecule has 0 bridgehead atoms. The lowest BCUT2D eigenvalue weighted by molar-refractivity contribution is -0.307. The Hall–Kier alpha value is -0.360. The van der Waals surface area contributed by atoms with E-state index in [1.807, 2.05) is 0 Å². The van der Waals surface area contributed by atoms with Gasteiger partial charge in [-0.05, 0) is 0 Å². The van der Waals surface area contributed by atoms with Gasteiger partial charge < -0.3 is 14.4 Å². The zero-order valence-electron chi connectivity index (χ0n) is 2.62. The average Bonchev–Trinajstić information content (AvgIpc) is 1.35. The molecule has 0 aliphatic heterocycles. The zero-order chi connectivity index (χ0) is 5.21. The monoisotopic (exact) mass is 105 g/mol. The third-order valence-corrected chi connectivity index (χ3v) is 0.367. The van der Waals surface area contributed by atoms with E-state index in [1.165, 1.54) is 0 Å². The van der Waals surface area contributed by atoms with E-state index in [9.17, 15) is 0 Å². The molecule has 0 amide bonds. The molecule has 0 rings (SSSR count). The standard InChI is InChI=1S/CH2NO3P/c2-1-6(3,4)5/h(H2,3,4,5)/p-2. The molecular weight excluding hydrogens is 105 g/mol. The zero-order valence-corrected chi connectivity index (χ0v) is 3.51. The van der Waals surface area contributed by atoms with E-state index in [4.69, 9.17) is 19.6 Å². The predicted octanol–water partition coefficient (Wildman–Crippen LogP) is -1.62. The van der Waals surface area contributed by atoms with Crippen LogP contribution >= 0.6 is 7.60 Å². The second-order valence-electron chi connectivity index (χ2n) is 0.597. The molecule has 0 aromatic rings. The number of rotatable bonds is 0. The van der Waals surface area contributed by atoms with E-state index in [-0.39, 0.29) is 0 Å². The molecule has 0 aliphatic rings. The molecule has 0 N–H and O–H groups in total. The van der Waals surface area contributed by atoms with E-state index in [1.54, 1.807) is 0 Å². The third-order valence-electron chi connectivity index (χ3n) is 0.122. The maximum absolute atomic E-state index is 9.11. The Bertz CT molecular complexity index is 117. The van der Waals surface area contributed by atoms with Crippen molar-refractivity contribution in [1.82, 2.24) is 0 Å². The van der Waals surface area contributed by atoms with Crippen LogP contribution < -0.4 is 9.79 Å². The van der Waals surface area contributed by atoms with Crippen LogP contribution in [0, 0.1) is 11.1 Å². The summed E-state index contributed by atoms with van der Waals surface area (Å²) in [6.45, 7) is 0. The summed E-state index contributed by atoms with van der Waals surface area (Å²) in [7, 11) is -4.84. The molecule has 0 aliphatic carbocycles. The Labute approximate surface area is 34.2 Å². The van der Waals surface area contributed by atoms with Crippen LogP contribution in [0.1, 0.15) is 0 Å². The molecule has 0 fully saturated rings. The van der Waals surface area contributed by atoms with Crippen molar-refractivity contribution >= 4 is 7.60 Å². The van der Waals surface area contributed by atoms with Crippen molar-refractivity contribution in [3.05, 3.63) is 0 Å². The molecule has 0 spiro atoms. The van der Waals surface area contributed by atoms with Crippen LogP contribution in [0.15, 0.2) is 0 Å². The van der Waals surface area contributed by atoms with Crippen LogP contribution in [0.25, 0.3) is 0 Å². The van der Waals surface area contributed by atoms with E-state index in [0.29, 0.717) is 5.81 Å². The van der Waals surface area contributed by atoms with Gasteiger partial charge in [0.05, 0.1) is 5.81 Å². The molecule has 0 heterocycles. The van der Waals surface area contributed by atoms with Crippen LogP contribution in [0.3, 0.4) is 0 Å². The van der Waals surface area contributed by atoms with Crippen LogP contribution in [-0.4, -0.2) is 0 Å². The highest BCUT2D eigenvalue weighted by atomic mass is 31.2. The first-order chi connectivity index (χ1) is 2.56.